The fraction of sp³-hybridized carbons (Fsp3) is 0.353. The van der Waals surface area contributed by atoms with Gasteiger partial charge in [-0.1, -0.05) is 24.3 Å². The lowest BCUT2D eigenvalue weighted by Crippen LogP contribution is -2.30. The fourth-order valence-corrected chi connectivity index (χ4v) is 2.93. The van der Waals surface area contributed by atoms with Crippen molar-refractivity contribution in [3.8, 4) is 0 Å². The minimum atomic E-state index is -4.36. The molecule has 2 atom stereocenters. The summed E-state index contributed by atoms with van der Waals surface area (Å²) in [6.07, 6.45) is -2.65. The van der Waals surface area contributed by atoms with Crippen molar-refractivity contribution in [3.05, 3.63) is 65.0 Å². The largest absolute Gasteiger partial charge is 0.417 e. The Morgan fingerprint density at radius 1 is 1.22 bits per heavy atom. The van der Waals surface area contributed by atoms with Crippen LogP contribution >= 0.6 is 0 Å². The van der Waals surface area contributed by atoms with Gasteiger partial charge in [0.15, 0.2) is 0 Å². The van der Waals surface area contributed by atoms with Crippen LogP contribution in [0.3, 0.4) is 0 Å². The average molecular weight is 322 g/mol. The third-order valence-electron chi connectivity index (χ3n) is 4.14. The summed E-state index contributed by atoms with van der Waals surface area (Å²) in [5.74, 6) is 0. The number of aromatic nitrogens is 1. The normalized spacial score (nSPS) is 20.5. The summed E-state index contributed by atoms with van der Waals surface area (Å²) in [7, 11) is 1.67. The Morgan fingerprint density at radius 3 is 2.65 bits per heavy atom. The zero-order valence-electron chi connectivity index (χ0n) is 12.6. The number of pyridine rings is 1. The molecule has 0 radical (unpaired) electrons. The van der Waals surface area contributed by atoms with Gasteiger partial charge in [-0.2, -0.15) is 13.2 Å². The fourth-order valence-electron chi connectivity index (χ4n) is 2.93. The molecule has 3 rings (SSSR count). The van der Waals surface area contributed by atoms with Gasteiger partial charge in [-0.15, -0.1) is 0 Å². The Kier molecular flexibility index (Phi) is 4.37. The van der Waals surface area contributed by atoms with Gasteiger partial charge in [-0.3, -0.25) is 4.98 Å². The summed E-state index contributed by atoms with van der Waals surface area (Å²) < 4.78 is 43.2. The molecule has 0 bridgehead atoms. The van der Waals surface area contributed by atoms with E-state index in [0.717, 1.165) is 18.7 Å². The first-order valence-corrected chi connectivity index (χ1v) is 7.35. The molecule has 1 aliphatic rings. The van der Waals surface area contributed by atoms with Crippen molar-refractivity contribution in [1.29, 1.82) is 0 Å². The van der Waals surface area contributed by atoms with Crippen LogP contribution in [0.2, 0.25) is 0 Å². The van der Waals surface area contributed by atoms with Gasteiger partial charge in [-0.05, 0) is 23.3 Å². The van der Waals surface area contributed by atoms with E-state index in [0.29, 0.717) is 12.2 Å². The van der Waals surface area contributed by atoms with Crippen LogP contribution in [0, 0.1) is 0 Å². The number of nitrogens with one attached hydrogen (secondary N) is 1. The highest BCUT2D eigenvalue weighted by Gasteiger charge is 2.32. The van der Waals surface area contributed by atoms with Crippen LogP contribution in [-0.4, -0.2) is 18.2 Å². The highest BCUT2D eigenvalue weighted by atomic mass is 19.4. The van der Waals surface area contributed by atoms with E-state index in [1.807, 2.05) is 18.2 Å². The van der Waals surface area contributed by atoms with Crippen LogP contribution in [0.5, 0.6) is 0 Å². The van der Waals surface area contributed by atoms with Crippen molar-refractivity contribution in [3.63, 3.8) is 0 Å². The molecule has 2 aromatic rings. The maximum atomic E-state index is 12.5. The molecular weight excluding hydrogens is 305 g/mol. The number of halogens is 3. The number of fused-ring (bicyclic) bond motifs is 1. The molecule has 6 heteroatoms. The van der Waals surface area contributed by atoms with Crippen LogP contribution in [0.25, 0.3) is 0 Å². The summed E-state index contributed by atoms with van der Waals surface area (Å²) in [6, 6.07) is 10.6. The number of hydrogen-bond donors (Lipinski definition) is 1. The van der Waals surface area contributed by atoms with Crippen molar-refractivity contribution in [1.82, 2.24) is 10.3 Å². The summed E-state index contributed by atoms with van der Waals surface area (Å²) >= 11 is 0. The lowest BCUT2D eigenvalue weighted by Gasteiger charge is -2.20. The maximum Gasteiger partial charge on any atom is 0.417 e. The van der Waals surface area contributed by atoms with Crippen molar-refractivity contribution in [2.45, 2.75) is 31.3 Å². The van der Waals surface area contributed by atoms with Crippen LogP contribution in [0.15, 0.2) is 42.6 Å². The lowest BCUT2D eigenvalue weighted by atomic mass is 10.1. The van der Waals surface area contributed by atoms with E-state index in [9.17, 15) is 13.2 Å². The smallest absolute Gasteiger partial charge is 0.379 e. The van der Waals surface area contributed by atoms with Crippen molar-refractivity contribution < 1.29 is 17.9 Å². The quantitative estimate of drug-likeness (QED) is 0.935. The molecule has 1 N–H and O–H groups in total. The Morgan fingerprint density at radius 2 is 2.00 bits per heavy atom. The molecule has 1 aromatic heterocycles. The maximum absolute atomic E-state index is 12.5. The monoisotopic (exact) mass is 322 g/mol. The van der Waals surface area contributed by atoms with Crippen LogP contribution in [0.1, 0.15) is 28.4 Å². The van der Waals surface area contributed by atoms with Gasteiger partial charge in [0.25, 0.3) is 0 Å². The molecule has 1 heterocycles. The number of benzene rings is 1. The third kappa shape index (κ3) is 3.38. The van der Waals surface area contributed by atoms with Gasteiger partial charge >= 0.3 is 6.18 Å². The Bertz CT molecular complexity index is 670. The SMILES string of the molecule is CO[C@H]1Cc2ccccc2[C@@H]1NCc1ccc(C(F)(F)F)cn1. The number of hydrogen-bond acceptors (Lipinski definition) is 3. The molecule has 0 spiro atoms. The van der Waals surface area contributed by atoms with Crippen molar-refractivity contribution >= 4 is 0 Å². The molecule has 0 unspecified atom stereocenters. The molecule has 23 heavy (non-hydrogen) atoms. The second kappa shape index (κ2) is 6.29. The molecule has 1 aromatic carbocycles. The lowest BCUT2D eigenvalue weighted by molar-refractivity contribution is -0.137. The molecule has 0 saturated heterocycles. The Balaban J connectivity index is 1.70. The zero-order valence-corrected chi connectivity index (χ0v) is 12.6. The molecule has 0 amide bonds. The topological polar surface area (TPSA) is 34.1 Å². The summed E-state index contributed by atoms with van der Waals surface area (Å²) in [4.78, 5) is 3.89. The van der Waals surface area contributed by atoms with Gasteiger partial charge in [0, 0.05) is 26.3 Å². The third-order valence-corrected chi connectivity index (χ3v) is 4.14. The Labute approximate surface area is 132 Å². The highest BCUT2D eigenvalue weighted by molar-refractivity contribution is 5.36. The molecular formula is C17H17F3N2O. The number of methoxy groups -OCH3 is 1. The minimum absolute atomic E-state index is 0.0142. The van der Waals surface area contributed by atoms with E-state index in [1.54, 1.807) is 7.11 Å². The van der Waals surface area contributed by atoms with E-state index in [1.165, 1.54) is 17.2 Å². The highest BCUT2D eigenvalue weighted by Crippen LogP contribution is 2.33. The predicted molar refractivity (Wildman–Crippen MR) is 79.8 cm³/mol. The van der Waals surface area contributed by atoms with Crippen molar-refractivity contribution in [2.75, 3.05) is 7.11 Å². The first kappa shape index (κ1) is 16.0. The van der Waals surface area contributed by atoms with E-state index < -0.39 is 11.7 Å². The van der Waals surface area contributed by atoms with Crippen LogP contribution < -0.4 is 5.32 Å². The van der Waals surface area contributed by atoms with Gasteiger partial charge in [0.05, 0.1) is 23.4 Å². The minimum Gasteiger partial charge on any atom is -0.379 e. The molecule has 3 nitrogen and oxygen atoms in total. The second-order valence-electron chi connectivity index (χ2n) is 5.57. The number of ether oxygens (including phenoxy) is 1. The van der Waals surface area contributed by atoms with E-state index >= 15 is 0 Å². The van der Waals surface area contributed by atoms with Crippen LogP contribution in [-0.2, 0) is 23.9 Å². The van der Waals surface area contributed by atoms with Gasteiger partial charge < -0.3 is 10.1 Å². The molecule has 0 aliphatic heterocycles. The van der Waals surface area contributed by atoms with Gasteiger partial charge in [0.1, 0.15) is 0 Å². The molecule has 0 saturated carbocycles. The molecule has 1 aliphatic carbocycles. The molecule has 122 valence electrons. The number of nitrogens with zero attached hydrogens (tertiary/aromatic N) is 1. The van der Waals surface area contributed by atoms with E-state index in [-0.39, 0.29) is 12.1 Å². The van der Waals surface area contributed by atoms with E-state index in [4.69, 9.17) is 4.74 Å². The number of rotatable bonds is 4. The summed E-state index contributed by atoms with van der Waals surface area (Å²) in [5.41, 5.74) is 2.24. The Hall–Kier alpha value is -1.92. The second-order valence-corrected chi connectivity index (χ2v) is 5.57. The predicted octanol–water partition coefficient (Wildman–Crippen LogP) is 3.50. The standard InChI is InChI=1S/C17H17F3N2O/c1-23-15-8-11-4-2-3-5-14(11)16(15)22-10-13-7-6-12(9-21-13)17(18,19)20/h2-7,9,15-16,22H,8,10H2,1H3/t15-,16-/m0/s1. The summed E-state index contributed by atoms with van der Waals surface area (Å²) in [6.45, 7) is 0.386. The number of alkyl halides is 3. The molecule has 0 fully saturated rings. The van der Waals surface area contributed by atoms with E-state index in [2.05, 4.69) is 16.4 Å². The average Bonchev–Trinajstić information content (AvgIpc) is 2.90. The summed E-state index contributed by atoms with van der Waals surface area (Å²) in [5, 5.41) is 3.34. The van der Waals surface area contributed by atoms with Gasteiger partial charge in [-0.25, -0.2) is 0 Å². The van der Waals surface area contributed by atoms with Crippen molar-refractivity contribution in [2.24, 2.45) is 0 Å². The van der Waals surface area contributed by atoms with Crippen LogP contribution in [0.4, 0.5) is 13.2 Å². The van der Waals surface area contributed by atoms with Gasteiger partial charge in [0.2, 0.25) is 0 Å². The first-order valence-electron chi connectivity index (χ1n) is 7.35. The zero-order chi connectivity index (χ0) is 16.4. The first-order chi connectivity index (χ1) is 11.0.